The van der Waals surface area contributed by atoms with Crippen molar-refractivity contribution in [1.82, 2.24) is 20.1 Å². The van der Waals surface area contributed by atoms with E-state index in [0.717, 1.165) is 11.1 Å². The summed E-state index contributed by atoms with van der Waals surface area (Å²) in [6, 6.07) is 1.76. The van der Waals surface area contributed by atoms with Crippen LogP contribution >= 0.6 is 0 Å². The molecule has 0 radical (unpaired) electrons. The molecule has 130 valence electrons. The minimum atomic E-state index is -4.24. The first kappa shape index (κ1) is 16.7. The van der Waals surface area contributed by atoms with E-state index < -0.39 is 18.6 Å². The number of anilines is 1. The van der Waals surface area contributed by atoms with Crippen LogP contribution in [0.3, 0.4) is 0 Å². The predicted molar refractivity (Wildman–Crippen MR) is 82.5 cm³/mol. The highest BCUT2D eigenvalue weighted by molar-refractivity contribution is 5.94. The van der Waals surface area contributed by atoms with E-state index >= 15 is 0 Å². The maximum Gasteiger partial charge on any atom is 0.401 e. The number of nitrogens with zero attached hydrogens (tertiary/aromatic N) is 3. The van der Waals surface area contributed by atoms with E-state index in [1.807, 2.05) is 6.92 Å². The molecule has 1 atom stereocenters. The molecule has 0 unspecified atom stereocenters. The Labute approximate surface area is 136 Å². The quantitative estimate of drug-likeness (QED) is 0.899. The zero-order valence-corrected chi connectivity index (χ0v) is 13.2. The number of rotatable bonds is 3. The Morgan fingerprint density at radius 2 is 2.29 bits per heavy atom. The van der Waals surface area contributed by atoms with Crippen molar-refractivity contribution in [2.45, 2.75) is 25.9 Å². The van der Waals surface area contributed by atoms with Gasteiger partial charge < -0.3 is 5.32 Å². The molecule has 3 heterocycles. The van der Waals surface area contributed by atoms with Crippen LogP contribution in [0.25, 0.3) is 11.0 Å². The number of likely N-dealkylation sites (tertiary alicyclic amines) is 1. The SMILES string of the molecule is Cc1[nH]nc2ncc(NC(=O)[C@@H]3CCCN(CC(F)(F)F)C3)cc12. The number of piperidine rings is 1. The average Bonchev–Trinajstić information content (AvgIpc) is 2.87. The number of amides is 1. The zero-order chi connectivity index (χ0) is 17.3. The Kier molecular flexibility index (Phi) is 4.44. The van der Waals surface area contributed by atoms with Gasteiger partial charge in [0.1, 0.15) is 0 Å². The minimum Gasteiger partial charge on any atom is -0.324 e. The van der Waals surface area contributed by atoms with Crippen LogP contribution < -0.4 is 5.32 Å². The lowest BCUT2D eigenvalue weighted by Gasteiger charge is -2.32. The summed E-state index contributed by atoms with van der Waals surface area (Å²) in [6.45, 7) is 1.36. The summed E-state index contributed by atoms with van der Waals surface area (Å²) in [5.74, 6) is -0.730. The third-order valence-corrected chi connectivity index (χ3v) is 4.15. The molecule has 0 aliphatic carbocycles. The highest BCUT2D eigenvalue weighted by Gasteiger charge is 2.34. The molecule has 3 rings (SSSR count). The first-order chi connectivity index (χ1) is 11.3. The van der Waals surface area contributed by atoms with Gasteiger partial charge in [0.05, 0.1) is 24.3 Å². The average molecular weight is 341 g/mol. The lowest BCUT2D eigenvalue weighted by molar-refractivity contribution is -0.151. The molecule has 2 aromatic rings. The van der Waals surface area contributed by atoms with Gasteiger partial charge in [0.25, 0.3) is 0 Å². The monoisotopic (exact) mass is 341 g/mol. The molecular weight excluding hydrogens is 323 g/mol. The number of aromatic nitrogens is 3. The molecule has 1 aliphatic rings. The fourth-order valence-electron chi connectivity index (χ4n) is 3.00. The second kappa shape index (κ2) is 6.39. The number of hydrogen-bond acceptors (Lipinski definition) is 4. The van der Waals surface area contributed by atoms with Crippen molar-refractivity contribution in [2.75, 3.05) is 25.0 Å². The number of nitrogens with one attached hydrogen (secondary N) is 2. The number of hydrogen-bond donors (Lipinski definition) is 2. The minimum absolute atomic E-state index is 0.117. The second-order valence-electron chi connectivity index (χ2n) is 6.12. The summed E-state index contributed by atoms with van der Waals surface area (Å²) in [6.07, 6.45) is -1.59. The van der Waals surface area contributed by atoms with E-state index in [-0.39, 0.29) is 12.5 Å². The van der Waals surface area contributed by atoms with Crippen LogP contribution in [-0.2, 0) is 4.79 Å². The highest BCUT2D eigenvalue weighted by atomic mass is 19.4. The van der Waals surface area contributed by atoms with Crippen LogP contribution in [0.1, 0.15) is 18.5 Å². The summed E-state index contributed by atoms with van der Waals surface area (Å²) in [5.41, 5.74) is 1.91. The number of carbonyl (C=O) groups is 1. The molecule has 0 aromatic carbocycles. The van der Waals surface area contributed by atoms with Crippen molar-refractivity contribution < 1.29 is 18.0 Å². The molecule has 9 heteroatoms. The Morgan fingerprint density at radius 1 is 1.50 bits per heavy atom. The number of carbonyl (C=O) groups excluding carboxylic acids is 1. The van der Waals surface area contributed by atoms with E-state index in [1.165, 1.54) is 11.1 Å². The number of alkyl halides is 3. The Morgan fingerprint density at radius 3 is 3.04 bits per heavy atom. The van der Waals surface area contributed by atoms with Crippen LogP contribution in [0.4, 0.5) is 18.9 Å². The maximum atomic E-state index is 12.5. The topological polar surface area (TPSA) is 73.9 Å². The zero-order valence-electron chi connectivity index (χ0n) is 13.2. The van der Waals surface area contributed by atoms with Crippen LogP contribution in [0, 0.1) is 12.8 Å². The summed E-state index contributed by atoms with van der Waals surface area (Å²) >= 11 is 0. The van der Waals surface area contributed by atoms with E-state index in [9.17, 15) is 18.0 Å². The lowest BCUT2D eigenvalue weighted by Crippen LogP contribution is -2.44. The van der Waals surface area contributed by atoms with Crippen LogP contribution in [0.5, 0.6) is 0 Å². The van der Waals surface area contributed by atoms with E-state index in [0.29, 0.717) is 30.7 Å². The van der Waals surface area contributed by atoms with Gasteiger partial charge in [0.2, 0.25) is 5.91 Å². The van der Waals surface area contributed by atoms with Gasteiger partial charge in [-0.3, -0.25) is 14.8 Å². The smallest absolute Gasteiger partial charge is 0.324 e. The molecule has 1 saturated heterocycles. The van der Waals surface area contributed by atoms with E-state index in [2.05, 4.69) is 20.5 Å². The Balaban J connectivity index is 1.65. The van der Waals surface area contributed by atoms with Gasteiger partial charge in [-0.15, -0.1) is 0 Å². The standard InChI is InChI=1S/C15H18F3N5O/c1-9-12-5-11(6-19-13(12)22-21-9)20-14(24)10-3-2-4-23(7-10)8-15(16,17)18/h5-6,10H,2-4,7-8H2,1H3,(H,20,24)(H,19,21,22)/t10-/m1/s1. The number of halogens is 3. The summed E-state index contributed by atoms with van der Waals surface area (Å²) in [5, 5.41) is 10.4. The van der Waals surface area contributed by atoms with Gasteiger partial charge in [0, 0.05) is 17.6 Å². The predicted octanol–water partition coefficient (Wildman–Crippen LogP) is 2.48. The molecule has 0 bridgehead atoms. The fourth-order valence-corrected chi connectivity index (χ4v) is 3.00. The number of H-pyrrole nitrogens is 1. The number of fused-ring (bicyclic) bond motifs is 1. The lowest BCUT2D eigenvalue weighted by atomic mass is 9.97. The van der Waals surface area contributed by atoms with Gasteiger partial charge in [-0.2, -0.15) is 18.3 Å². The maximum absolute atomic E-state index is 12.5. The summed E-state index contributed by atoms with van der Waals surface area (Å²) in [4.78, 5) is 17.8. The van der Waals surface area contributed by atoms with Crippen molar-refractivity contribution in [1.29, 1.82) is 0 Å². The molecule has 0 spiro atoms. The van der Waals surface area contributed by atoms with E-state index in [4.69, 9.17) is 0 Å². The summed E-state index contributed by atoms with van der Waals surface area (Å²) in [7, 11) is 0. The van der Waals surface area contributed by atoms with Gasteiger partial charge in [-0.25, -0.2) is 4.98 Å². The third kappa shape index (κ3) is 3.84. The first-order valence-corrected chi connectivity index (χ1v) is 7.72. The number of aryl methyl sites for hydroxylation is 1. The van der Waals surface area contributed by atoms with Gasteiger partial charge in [-0.05, 0) is 32.4 Å². The molecular formula is C15H18F3N5O. The van der Waals surface area contributed by atoms with Crippen molar-refractivity contribution in [3.63, 3.8) is 0 Å². The molecule has 0 saturated carbocycles. The van der Waals surface area contributed by atoms with Crippen molar-refractivity contribution in [3.05, 3.63) is 18.0 Å². The normalized spacial score (nSPS) is 19.6. The second-order valence-corrected chi connectivity index (χ2v) is 6.12. The van der Waals surface area contributed by atoms with Crippen molar-refractivity contribution in [2.24, 2.45) is 5.92 Å². The highest BCUT2D eigenvalue weighted by Crippen LogP contribution is 2.24. The molecule has 2 N–H and O–H groups in total. The van der Waals surface area contributed by atoms with Crippen molar-refractivity contribution in [3.8, 4) is 0 Å². The summed E-state index contributed by atoms with van der Waals surface area (Å²) < 4.78 is 37.5. The third-order valence-electron chi connectivity index (χ3n) is 4.15. The van der Waals surface area contributed by atoms with Crippen LogP contribution in [0.15, 0.2) is 12.3 Å². The van der Waals surface area contributed by atoms with Crippen molar-refractivity contribution >= 4 is 22.6 Å². The Bertz CT molecular complexity index is 742. The molecule has 1 aliphatic heterocycles. The fraction of sp³-hybridized carbons (Fsp3) is 0.533. The number of aromatic amines is 1. The molecule has 6 nitrogen and oxygen atoms in total. The van der Waals surface area contributed by atoms with Gasteiger partial charge >= 0.3 is 6.18 Å². The largest absolute Gasteiger partial charge is 0.401 e. The number of pyridine rings is 1. The van der Waals surface area contributed by atoms with Crippen LogP contribution in [0.2, 0.25) is 0 Å². The molecule has 1 fully saturated rings. The first-order valence-electron chi connectivity index (χ1n) is 7.72. The Hall–Kier alpha value is -2.16. The molecule has 24 heavy (non-hydrogen) atoms. The molecule has 1 amide bonds. The van der Waals surface area contributed by atoms with Gasteiger partial charge in [0.15, 0.2) is 5.65 Å². The molecule has 2 aromatic heterocycles. The van der Waals surface area contributed by atoms with E-state index in [1.54, 1.807) is 6.07 Å². The van der Waals surface area contributed by atoms with Crippen LogP contribution in [-0.4, -0.2) is 51.8 Å². The van der Waals surface area contributed by atoms with Gasteiger partial charge in [-0.1, -0.05) is 0 Å².